The first-order chi connectivity index (χ1) is 12.1. The summed E-state index contributed by atoms with van der Waals surface area (Å²) in [5.41, 5.74) is 1.27. The van der Waals surface area contributed by atoms with Crippen LogP contribution < -0.4 is 4.90 Å². The zero-order valence-electron chi connectivity index (χ0n) is 13.6. The van der Waals surface area contributed by atoms with Crippen LogP contribution in [0.2, 0.25) is 5.15 Å². The molecule has 3 rings (SSSR count). The van der Waals surface area contributed by atoms with E-state index in [2.05, 4.69) is 16.3 Å². The van der Waals surface area contributed by atoms with Crippen LogP contribution in [-0.2, 0) is 5.75 Å². The number of carbonyl (C=O) groups excluding carboxylic acids is 1. The van der Waals surface area contributed by atoms with Crippen LogP contribution in [0, 0.1) is 6.26 Å². The molecule has 0 aromatic carbocycles. The fourth-order valence-corrected chi connectivity index (χ4v) is 2.96. The predicted octanol–water partition coefficient (Wildman–Crippen LogP) is 4.21. The second kappa shape index (κ2) is 7.76. The molecule has 0 aliphatic carbocycles. The highest BCUT2D eigenvalue weighted by atomic mass is 35.5. The summed E-state index contributed by atoms with van der Waals surface area (Å²) in [6, 6.07) is 7.10. The van der Waals surface area contributed by atoms with Crippen LogP contribution in [0.25, 0.3) is 5.69 Å². The second-order valence-electron chi connectivity index (χ2n) is 5.12. The number of amides is 1. The van der Waals surface area contributed by atoms with Crippen LogP contribution in [-0.4, -0.2) is 27.2 Å². The van der Waals surface area contributed by atoms with Gasteiger partial charge in [0.15, 0.2) is 10.9 Å². The van der Waals surface area contributed by atoms with Crippen molar-refractivity contribution in [2.45, 2.75) is 12.7 Å². The van der Waals surface area contributed by atoms with Crippen LogP contribution in [0.3, 0.4) is 0 Å². The lowest BCUT2D eigenvalue weighted by atomic mass is 10.3. The monoisotopic (exact) mass is 375 g/mol. The molecular formula is C17H16ClN4O2S-. The number of hydrogen-bond donors (Lipinski definition) is 0. The van der Waals surface area contributed by atoms with E-state index in [0.717, 1.165) is 5.69 Å². The summed E-state index contributed by atoms with van der Waals surface area (Å²) in [7, 11) is 0. The zero-order chi connectivity index (χ0) is 17.8. The lowest BCUT2D eigenvalue weighted by Gasteiger charge is -2.18. The van der Waals surface area contributed by atoms with Crippen molar-refractivity contribution in [3.05, 3.63) is 65.8 Å². The molecule has 3 aromatic heterocycles. The average molecular weight is 376 g/mol. The number of hydrogen-bond acceptors (Lipinski definition) is 5. The molecule has 0 atom stereocenters. The Hall–Kier alpha value is -2.25. The molecular weight excluding hydrogens is 360 g/mol. The van der Waals surface area contributed by atoms with Crippen molar-refractivity contribution in [1.82, 2.24) is 14.8 Å². The number of furan rings is 1. The van der Waals surface area contributed by atoms with Gasteiger partial charge in [0, 0.05) is 18.5 Å². The van der Waals surface area contributed by atoms with Crippen molar-refractivity contribution >= 4 is 35.0 Å². The summed E-state index contributed by atoms with van der Waals surface area (Å²) >= 11 is 7.65. The Morgan fingerprint density at radius 1 is 1.44 bits per heavy atom. The van der Waals surface area contributed by atoms with Gasteiger partial charge < -0.3 is 21.1 Å². The van der Waals surface area contributed by atoms with Gasteiger partial charge >= 0.3 is 0 Å². The molecule has 0 aliphatic heterocycles. The topological polar surface area (TPSA) is 64.2 Å². The summed E-state index contributed by atoms with van der Waals surface area (Å²) in [6.45, 7) is 2.29. The molecule has 0 bridgehead atoms. The maximum absolute atomic E-state index is 12.8. The number of rotatable bonds is 6. The van der Waals surface area contributed by atoms with E-state index in [9.17, 15) is 4.79 Å². The maximum Gasteiger partial charge on any atom is 0.294 e. The minimum Gasteiger partial charge on any atom is -0.455 e. The van der Waals surface area contributed by atoms with Crippen molar-refractivity contribution in [1.29, 1.82) is 0 Å². The molecule has 0 saturated heterocycles. The average Bonchev–Trinajstić information content (AvgIpc) is 3.24. The van der Waals surface area contributed by atoms with E-state index >= 15 is 0 Å². The second-order valence-corrected chi connectivity index (χ2v) is 6.18. The lowest BCUT2D eigenvalue weighted by Crippen LogP contribution is -2.30. The Balaban J connectivity index is 1.90. The number of anilines is 1. The largest absolute Gasteiger partial charge is 0.455 e. The van der Waals surface area contributed by atoms with Crippen LogP contribution in [0.4, 0.5) is 5.69 Å². The molecule has 130 valence electrons. The number of aromatic nitrogens is 3. The molecule has 0 fully saturated rings. The summed E-state index contributed by atoms with van der Waals surface area (Å²) in [5.74, 6) is 1.31. The molecule has 0 spiro atoms. The van der Waals surface area contributed by atoms with Crippen molar-refractivity contribution < 1.29 is 9.21 Å². The Morgan fingerprint density at radius 3 is 2.96 bits per heavy atom. The summed E-state index contributed by atoms with van der Waals surface area (Å²) in [5, 5.41) is 4.50. The van der Waals surface area contributed by atoms with Gasteiger partial charge in [-0.25, -0.2) is 4.68 Å². The molecule has 0 radical (unpaired) electrons. The van der Waals surface area contributed by atoms with E-state index in [1.807, 2.05) is 13.0 Å². The fourth-order valence-electron chi connectivity index (χ4n) is 2.37. The number of halogens is 1. The smallest absolute Gasteiger partial charge is 0.294 e. The highest BCUT2D eigenvalue weighted by Crippen LogP contribution is 2.27. The molecule has 0 saturated carbocycles. The van der Waals surface area contributed by atoms with Crippen molar-refractivity contribution in [2.24, 2.45) is 0 Å². The van der Waals surface area contributed by atoms with E-state index in [-0.39, 0.29) is 16.8 Å². The standard InChI is InChI=1S/C17H16ClN4O2S/c1-3-21(17(23)15-7-6-13(24-15)11-25-2)14-10-22(20-16(14)18)12-5-4-8-19-9-12/h4-10H,2-3,11H2,1H3/q-1. The maximum atomic E-state index is 12.8. The molecule has 25 heavy (non-hydrogen) atoms. The van der Waals surface area contributed by atoms with Gasteiger partial charge in [0.1, 0.15) is 11.4 Å². The minimum atomic E-state index is -0.268. The van der Waals surface area contributed by atoms with E-state index in [1.165, 1.54) is 16.7 Å². The van der Waals surface area contributed by atoms with E-state index in [0.29, 0.717) is 23.7 Å². The van der Waals surface area contributed by atoms with Crippen molar-refractivity contribution in [2.75, 3.05) is 11.4 Å². The zero-order valence-corrected chi connectivity index (χ0v) is 15.1. The fraction of sp³-hybridized carbons (Fsp3) is 0.176. The highest BCUT2D eigenvalue weighted by Gasteiger charge is 2.24. The molecule has 1 amide bonds. The van der Waals surface area contributed by atoms with Gasteiger partial charge in [-0.3, -0.25) is 16.0 Å². The highest BCUT2D eigenvalue weighted by molar-refractivity contribution is 7.99. The Morgan fingerprint density at radius 2 is 2.28 bits per heavy atom. The van der Waals surface area contributed by atoms with Crippen molar-refractivity contribution in [3.8, 4) is 5.69 Å². The molecule has 0 N–H and O–H groups in total. The first-order valence-corrected chi connectivity index (χ1v) is 9.10. The van der Waals surface area contributed by atoms with Gasteiger partial charge in [0.2, 0.25) is 0 Å². The SMILES string of the molecule is [CH2-]SCc1ccc(C(=O)N(CC)c2cn(-c3cccnc3)nc2Cl)o1. The predicted molar refractivity (Wildman–Crippen MR) is 99.1 cm³/mol. The number of carbonyl (C=O) groups is 1. The van der Waals surface area contributed by atoms with E-state index in [4.69, 9.17) is 16.0 Å². The van der Waals surface area contributed by atoms with Crippen LogP contribution in [0.1, 0.15) is 23.2 Å². The first-order valence-electron chi connectivity index (χ1n) is 7.57. The van der Waals surface area contributed by atoms with Gasteiger partial charge in [-0.2, -0.15) is 5.10 Å². The molecule has 0 unspecified atom stereocenters. The van der Waals surface area contributed by atoms with E-state index < -0.39 is 0 Å². The molecule has 3 heterocycles. The van der Waals surface area contributed by atoms with E-state index in [1.54, 1.807) is 41.5 Å². The van der Waals surface area contributed by atoms with Gasteiger partial charge in [-0.05, 0) is 31.2 Å². The quantitative estimate of drug-likeness (QED) is 0.604. The summed E-state index contributed by atoms with van der Waals surface area (Å²) in [4.78, 5) is 18.4. The van der Waals surface area contributed by atoms with Gasteiger partial charge in [-0.1, -0.05) is 11.6 Å². The normalized spacial score (nSPS) is 10.8. The Kier molecular flexibility index (Phi) is 5.45. The minimum absolute atomic E-state index is 0.235. The Labute approximate surface area is 154 Å². The Bertz CT molecular complexity index is 863. The van der Waals surface area contributed by atoms with Crippen LogP contribution in [0.15, 0.2) is 47.3 Å². The van der Waals surface area contributed by atoms with Gasteiger partial charge in [0.25, 0.3) is 5.91 Å². The third-order valence-electron chi connectivity index (χ3n) is 3.53. The number of pyridine rings is 1. The third-order valence-corrected chi connectivity index (χ3v) is 4.29. The molecule has 6 nitrogen and oxygen atoms in total. The summed E-state index contributed by atoms with van der Waals surface area (Å²) < 4.78 is 7.18. The van der Waals surface area contributed by atoms with Crippen molar-refractivity contribution in [3.63, 3.8) is 0 Å². The van der Waals surface area contributed by atoms with Crippen LogP contribution >= 0.6 is 23.4 Å². The number of nitrogens with zero attached hydrogens (tertiary/aromatic N) is 4. The van der Waals surface area contributed by atoms with Gasteiger partial charge in [-0.15, -0.1) is 0 Å². The summed E-state index contributed by atoms with van der Waals surface area (Å²) in [6.07, 6.45) is 8.75. The lowest BCUT2D eigenvalue weighted by molar-refractivity contribution is 0.0960. The van der Waals surface area contributed by atoms with Crippen LogP contribution in [0.5, 0.6) is 0 Å². The molecule has 3 aromatic rings. The number of thioether (sulfide) groups is 1. The molecule has 0 aliphatic rings. The third kappa shape index (κ3) is 3.72. The molecule has 8 heteroatoms. The first kappa shape index (κ1) is 17.6. The van der Waals surface area contributed by atoms with Gasteiger partial charge in [0.05, 0.1) is 18.1 Å².